The number of aromatic nitrogens is 1. The molecule has 0 fully saturated rings. The summed E-state index contributed by atoms with van der Waals surface area (Å²) >= 11 is 1.85. The highest BCUT2D eigenvalue weighted by atomic mass is 32.1. The topological polar surface area (TPSA) is 24.9 Å². The number of thiophene rings is 1. The minimum atomic E-state index is 0.426. The Morgan fingerprint density at radius 1 is 1.42 bits per heavy atom. The van der Waals surface area contributed by atoms with Gasteiger partial charge in [-0.25, -0.2) is 0 Å². The third kappa shape index (κ3) is 2.72. The molecule has 2 atom stereocenters. The van der Waals surface area contributed by atoms with Gasteiger partial charge in [-0.15, -0.1) is 11.3 Å². The number of fused-ring (bicyclic) bond motifs is 1. The fourth-order valence-electron chi connectivity index (χ4n) is 2.90. The lowest BCUT2D eigenvalue weighted by atomic mass is 10.1. The third-order valence-electron chi connectivity index (χ3n) is 3.82. The summed E-state index contributed by atoms with van der Waals surface area (Å²) in [5.41, 5.74) is 2.68. The van der Waals surface area contributed by atoms with Gasteiger partial charge in [0.25, 0.3) is 0 Å². The molecule has 1 aliphatic carbocycles. The summed E-state index contributed by atoms with van der Waals surface area (Å²) in [6.07, 6.45) is 6.65. The van der Waals surface area contributed by atoms with Gasteiger partial charge in [-0.3, -0.25) is 4.98 Å². The molecule has 100 valence electrons. The first-order valence-corrected chi connectivity index (χ1v) is 7.99. The van der Waals surface area contributed by atoms with Crippen molar-refractivity contribution >= 4 is 11.3 Å². The molecule has 0 spiro atoms. The van der Waals surface area contributed by atoms with E-state index in [4.69, 9.17) is 0 Å². The maximum atomic E-state index is 4.58. The standard InChI is InChI=1S/C16H20N2S/c1-2-5-13(15-7-4-11-19-15)18-14-9-8-12-6-3-10-17-16(12)14/h3-4,6-7,10-11,13-14,18H,2,5,8-9H2,1H3. The Labute approximate surface area is 118 Å². The van der Waals surface area contributed by atoms with Crippen LogP contribution in [0.2, 0.25) is 0 Å². The summed E-state index contributed by atoms with van der Waals surface area (Å²) in [5, 5.41) is 5.99. The van der Waals surface area contributed by atoms with Gasteiger partial charge in [0.1, 0.15) is 0 Å². The molecule has 2 aromatic heterocycles. The predicted molar refractivity (Wildman–Crippen MR) is 80.4 cm³/mol. The molecule has 3 heteroatoms. The summed E-state index contributed by atoms with van der Waals surface area (Å²) in [6, 6.07) is 9.55. The first-order valence-electron chi connectivity index (χ1n) is 7.11. The fraction of sp³-hybridized carbons (Fsp3) is 0.438. The lowest BCUT2D eigenvalue weighted by Crippen LogP contribution is -2.25. The number of hydrogen-bond donors (Lipinski definition) is 1. The minimum Gasteiger partial charge on any atom is -0.301 e. The molecule has 19 heavy (non-hydrogen) atoms. The highest BCUT2D eigenvalue weighted by Gasteiger charge is 2.26. The van der Waals surface area contributed by atoms with E-state index in [-0.39, 0.29) is 0 Å². The molecule has 2 heterocycles. The van der Waals surface area contributed by atoms with Crippen LogP contribution in [-0.4, -0.2) is 4.98 Å². The number of nitrogens with zero attached hydrogens (tertiary/aromatic N) is 1. The van der Waals surface area contributed by atoms with Crippen molar-refractivity contribution in [2.75, 3.05) is 0 Å². The third-order valence-corrected chi connectivity index (χ3v) is 4.81. The SMILES string of the molecule is CCCC(NC1CCc2cccnc21)c1cccs1. The van der Waals surface area contributed by atoms with Crippen LogP contribution in [-0.2, 0) is 6.42 Å². The van der Waals surface area contributed by atoms with Gasteiger partial charge in [-0.1, -0.05) is 25.5 Å². The molecule has 0 radical (unpaired) electrons. The first kappa shape index (κ1) is 12.8. The van der Waals surface area contributed by atoms with E-state index in [9.17, 15) is 0 Å². The van der Waals surface area contributed by atoms with Crippen molar-refractivity contribution < 1.29 is 0 Å². The van der Waals surface area contributed by atoms with Crippen LogP contribution in [0.25, 0.3) is 0 Å². The normalized spacial score (nSPS) is 19.3. The van der Waals surface area contributed by atoms with E-state index in [1.54, 1.807) is 0 Å². The number of nitrogens with one attached hydrogen (secondary N) is 1. The summed E-state index contributed by atoms with van der Waals surface area (Å²) in [7, 11) is 0. The molecule has 0 saturated heterocycles. The molecule has 0 aliphatic heterocycles. The maximum absolute atomic E-state index is 4.58. The van der Waals surface area contributed by atoms with Gasteiger partial charge < -0.3 is 5.32 Å². The zero-order chi connectivity index (χ0) is 13.1. The van der Waals surface area contributed by atoms with E-state index in [1.165, 1.54) is 35.4 Å². The van der Waals surface area contributed by atoms with Gasteiger partial charge >= 0.3 is 0 Å². The van der Waals surface area contributed by atoms with Crippen LogP contribution in [0, 0.1) is 0 Å². The Balaban J connectivity index is 1.77. The number of pyridine rings is 1. The highest BCUT2D eigenvalue weighted by molar-refractivity contribution is 7.10. The van der Waals surface area contributed by atoms with E-state index < -0.39 is 0 Å². The lowest BCUT2D eigenvalue weighted by Gasteiger charge is -2.22. The van der Waals surface area contributed by atoms with Gasteiger partial charge in [-0.05, 0) is 42.3 Å². The molecule has 0 saturated carbocycles. The molecule has 2 aromatic rings. The van der Waals surface area contributed by atoms with Crippen LogP contribution in [0.4, 0.5) is 0 Å². The summed E-state index contributed by atoms with van der Waals surface area (Å²) in [6.45, 7) is 2.25. The summed E-state index contributed by atoms with van der Waals surface area (Å²) in [5.74, 6) is 0. The minimum absolute atomic E-state index is 0.426. The number of hydrogen-bond acceptors (Lipinski definition) is 3. The van der Waals surface area contributed by atoms with Crippen molar-refractivity contribution in [3.63, 3.8) is 0 Å². The van der Waals surface area contributed by atoms with Crippen LogP contribution in [0.15, 0.2) is 35.8 Å². The monoisotopic (exact) mass is 272 g/mol. The largest absolute Gasteiger partial charge is 0.301 e. The summed E-state index contributed by atoms with van der Waals surface area (Å²) < 4.78 is 0. The van der Waals surface area contributed by atoms with E-state index in [2.05, 4.69) is 40.8 Å². The van der Waals surface area contributed by atoms with Crippen molar-refractivity contribution in [2.24, 2.45) is 0 Å². The van der Waals surface area contributed by atoms with Gasteiger partial charge in [0, 0.05) is 17.1 Å². The Bertz CT molecular complexity index is 519. The molecule has 0 bridgehead atoms. The van der Waals surface area contributed by atoms with E-state index in [0.29, 0.717) is 12.1 Å². The maximum Gasteiger partial charge on any atom is 0.0605 e. The Hall–Kier alpha value is -1.19. The van der Waals surface area contributed by atoms with Crippen molar-refractivity contribution in [1.82, 2.24) is 10.3 Å². The highest BCUT2D eigenvalue weighted by Crippen LogP contribution is 2.33. The van der Waals surface area contributed by atoms with Crippen molar-refractivity contribution in [2.45, 2.75) is 44.7 Å². The van der Waals surface area contributed by atoms with Crippen molar-refractivity contribution in [3.8, 4) is 0 Å². The summed E-state index contributed by atoms with van der Waals surface area (Å²) in [4.78, 5) is 6.03. The van der Waals surface area contributed by atoms with Crippen LogP contribution >= 0.6 is 11.3 Å². The fourth-order valence-corrected chi connectivity index (χ4v) is 3.73. The first-order chi connectivity index (χ1) is 9.38. The number of aryl methyl sites for hydroxylation is 1. The second kappa shape index (κ2) is 5.85. The zero-order valence-electron chi connectivity index (χ0n) is 11.3. The second-order valence-corrected chi connectivity index (χ2v) is 6.14. The average molecular weight is 272 g/mol. The molecule has 0 aromatic carbocycles. The molecule has 2 nitrogen and oxygen atoms in total. The molecular formula is C16H20N2S. The van der Waals surface area contributed by atoms with E-state index >= 15 is 0 Å². The lowest BCUT2D eigenvalue weighted by molar-refractivity contribution is 0.419. The molecule has 1 aliphatic rings. The second-order valence-electron chi connectivity index (χ2n) is 5.16. The van der Waals surface area contributed by atoms with Gasteiger partial charge in [0.2, 0.25) is 0 Å². The van der Waals surface area contributed by atoms with Crippen LogP contribution < -0.4 is 5.32 Å². The van der Waals surface area contributed by atoms with E-state index in [0.717, 1.165) is 6.42 Å². The molecular weight excluding hydrogens is 252 g/mol. The molecule has 2 unspecified atom stereocenters. The van der Waals surface area contributed by atoms with Crippen LogP contribution in [0.1, 0.15) is 54.4 Å². The smallest absolute Gasteiger partial charge is 0.0605 e. The van der Waals surface area contributed by atoms with Gasteiger partial charge in [0.15, 0.2) is 0 Å². The van der Waals surface area contributed by atoms with E-state index in [1.807, 2.05) is 23.6 Å². The van der Waals surface area contributed by atoms with Gasteiger partial charge in [0.05, 0.1) is 11.7 Å². The van der Waals surface area contributed by atoms with Crippen LogP contribution in [0.3, 0.4) is 0 Å². The number of rotatable bonds is 5. The average Bonchev–Trinajstić information content (AvgIpc) is 3.08. The van der Waals surface area contributed by atoms with Gasteiger partial charge in [-0.2, -0.15) is 0 Å². The van der Waals surface area contributed by atoms with Crippen LogP contribution in [0.5, 0.6) is 0 Å². The Morgan fingerprint density at radius 3 is 3.16 bits per heavy atom. The Kier molecular flexibility index (Phi) is 3.95. The quantitative estimate of drug-likeness (QED) is 0.879. The van der Waals surface area contributed by atoms with Crippen molar-refractivity contribution in [1.29, 1.82) is 0 Å². The Morgan fingerprint density at radius 2 is 2.37 bits per heavy atom. The predicted octanol–water partition coefficient (Wildman–Crippen LogP) is 4.26. The molecule has 0 amide bonds. The van der Waals surface area contributed by atoms with Crippen molar-refractivity contribution in [3.05, 3.63) is 52.0 Å². The molecule has 1 N–H and O–H groups in total. The zero-order valence-corrected chi connectivity index (χ0v) is 12.1. The molecule has 3 rings (SSSR count).